The van der Waals surface area contributed by atoms with Crippen LogP contribution in [0.1, 0.15) is 12.8 Å². The van der Waals surface area contributed by atoms with Crippen LogP contribution < -0.4 is 0 Å². The van der Waals surface area contributed by atoms with E-state index in [0.717, 1.165) is 0 Å². The maximum absolute atomic E-state index is 9.64. The van der Waals surface area contributed by atoms with Gasteiger partial charge in [0, 0.05) is 0 Å². The molecule has 0 aliphatic heterocycles. The summed E-state index contributed by atoms with van der Waals surface area (Å²) in [6.45, 7) is 0. The summed E-state index contributed by atoms with van der Waals surface area (Å²) in [6.07, 6.45) is -0.593. The molecule has 0 aromatic carbocycles. The molecule has 15 heavy (non-hydrogen) atoms. The van der Waals surface area contributed by atoms with Crippen molar-refractivity contribution < 1.29 is 25.3 Å². The van der Waals surface area contributed by atoms with Gasteiger partial charge >= 0.3 is 74.0 Å². The van der Waals surface area contributed by atoms with E-state index in [1.165, 1.54) is 0 Å². The van der Waals surface area contributed by atoms with E-state index in [4.69, 9.17) is 10.2 Å². The number of rotatable bonds is 3. The Hall–Kier alpha value is 0.497. The van der Waals surface area contributed by atoms with Crippen LogP contribution in [0.2, 0.25) is 19.8 Å². The van der Waals surface area contributed by atoms with Gasteiger partial charge in [0.1, 0.15) is 0 Å². The summed E-state index contributed by atoms with van der Waals surface area (Å²) < 4.78 is 0. The molecular weight excluding hydrogens is 414 g/mol. The molecule has 0 fully saturated rings. The van der Waals surface area contributed by atoms with Crippen molar-refractivity contribution in [1.82, 2.24) is 0 Å². The van der Waals surface area contributed by atoms with Gasteiger partial charge in [0.25, 0.3) is 0 Å². The molecule has 0 unspecified atom stereocenters. The molecule has 0 atom stereocenters. The fourth-order valence-electron chi connectivity index (χ4n) is 0.214. The van der Waals surface area contributed by atoms with E-state index < -0.39 is 11.9 Å². The molecule has 0 bridgehead atoms. The monoisotopic (exact) mass is 436 g/mol. The van der Waals surface area contributed by atoms with E-state index >= 15 is 0 Å². The number of hydrogen-bond acceptors (Lipinski definition) is 2. The van der Waals surface area contributed by atoms with Crippen LogP contribution in [-0.4, -0.2) is 69.9 Å². The van der Waals surface area contributed by atoms with Crippen LogP contribution in [0.5, 0.6) is 0 Å². The van der Waals surface area contributed by atoms with E-state index in [1.807, 2.05) is 0 Å². The van der Waals surface area contributed by atoms with Crippen molar-refractivity contribution in [3.05, 3.63) is 0 Å². The molecule has 0 saturated heterocycles. The van der Waals surface area contributed by atoms with Crippen LogP contribution in [0.25, 0.3) is 0 Å². The van der Waals surface area contributed by atoms with Gasteiger partial charge in [-0.3, -0.25) is 9.59 Å². The second-order valence-electron chi connectivity index (χ2n) is 2.29. The predicted octanol–water partition coefficient (Wildman–Crippen LogP) is 0.685. The van der Waals surface area contributed by atoms with Gasteiger partial charge in [-0.25, -0.2) is 0 Å². The fraction of sp³-hybridized carbons (Fsp3) is 0.750. The van der Waals surface area contributed by atoms with E-state index in [2.05, 4.69) is 19.8 Å². The zero-order valence-corrected chi connectivity index (χ0v) is 15.3. The number of carboxylic acids is 2. The molecule has 0 heterocycles. The Bertz CT molecular complexity index is 125. The minimum absolute atomic E-state index is 0. The van der Waals surface area contributed by atoms with Gasteiger partial charge in [-0.1, -0.05) is 0 Å². The molecule has 0 aromatic rings. The molecule has 4 radical (unpaired) electrons. The van der Waals surface area contributed by atoms with Crippen LogP contribution in [0.4, 0.5) is 0 Å². The molecule has 0 rings (SSSR count). The molecule has 4 N–H and O–H groups in total. The molecule has 90 valence electrons. The Balaban J connectivity index is -0.0000000733. The van der Waals surface area contributed by atoms with Crippen molar-refractivity contribution >= 4 is 54.2 Å². The number of carboxylic acid groups (broad SMARTS) is 2. The van der Waals surface area contributed by atoms with Gasteiger partial charge in [-0.15, -0.1) is 0 Å². The van der Waals surface area contributed by atoms with Gasteiger partial charge in [0.15, 0.2) is 0 Å². The molecule has 5 nitrogen and oxygen atoms in total. The van der Waals surface area contributed by atoms with Crippen LogP contribution in [0.3, 0.4) is 0 Å². The number of hydrogen-bond donors (Lipinski definition) is 2. The summed E-state index contributed by atoms with van der Waals surface area (Å²) in [4.78, 5) is 28.5. The van der Waals surface area contributed by atoms with E-state index in [0.29, 0.717) is 0 Å². The van der Waals surface area contributed by atoms with Gasteiger partial charge in [0.05, 0.1) is 12.8 Å². The quantitative estimate of drug-likeness (QED) is 0.639. The van der Waals surface area contributed by atoms with Crippen molar-refractivity contribution in [3.63, 3.8) is 0 Å². The van der Waals surface area contributed by atoms with Crippen molar-refractivity contribution in [2.24, 2.45) is 0 Å². The summed E-state index contributed by atoms with van der Waals surface area (Å²) in [5.41, 5.74) is 0. The van der Waals surface area contributed by atoms with Crippen molar-refractivity contribution in [3.8, 4) is 0 Å². The van der Waals surface area contributed by atoms with Crippen molar-refractivity contribution in [2.45, 2.75) is 32.6 Å². The summed E-state index contributed by atoms with van der Waals surface area (Å²) in [6, 6.07) is 0. The molecule has 0 aliphatic carbocycles. The SMILES string of the molecule is O.O=C(O)CCC(=O)O.[CH3][Sn][CH3].[CH3][Sn][CH3]. The summed E-state index contributed by atoms with van der Waals surface area (Å²) in [5, 5.41) is 15.8. The van der Waals surface area contributed by atoms with Crippen molar-refractivity contribution in [2.75, 3.05) is 0 Å². The van der Waals surface area contributed by atoms with Crippen molar-refractivity contribution in [1.29, 1.82) is 0 Å². The molecular formula is C8H20O5Sn2. The zero-order valence-electron chi connectivity index (χ0n) is 9.63. The number of carbonyl (C=O) groups is 2. The summed E-state index contributed by atoms with van der Waals surface area (Å²) in [5.74, 6) is -2.15. The third-order valence-corrected chi connectivity index (χ3v) is 0.553. The van der Waals surface area contributed by atoms with E-state index in [9.17, 15) is 9.59 Å². The third-order valence-electron chi connectivity index (χ3n) is 0.553. The second kappa shape index (κ2) is 24.0. The van der Waals surface area contributed by atoms with Crippen LogP contribution in [0, 0.1) is 0 Å². The predicted molar refractivity (Wildman–Crippen MR) is 63.1 cm³/mol. The standard InChI is InChI=1S/C4H6O4.4CH3.H2O.2Sn/c5-3(6)1-2-4(7)8;;;;;;;/h1-2H2,(H,5,6)(H,7,8);4*1H3;1H2;;. The molecule has 0 aliphatic rings. The van der Waals surface area contributed by atoms with Gasteiger partial charge in [-0.2, -0.15) is 0 Å². The maximum atomic E-state index is 9.64. The fourth-order valence-corrected chi connectivity index (χ4v) is 0.214. The third kappa shape index (κ3) is 74.9. The first-order valence-electron chi connectivity index (χ1n) is 4.06. The minimum atomic E-state index is -1.08. The van der Waals surface area contributed by atoms with E-state index in [-0.39, 0.29) is 60.6 Å². The normalized spacial score (nSPS) is 6.93. The first-order valence-corrected chi connectivity index (χ1v) is 15.5. The van der Waals surface area contributed by atoms with Crippen LogP contribution >= 0.6 is 0 Å². The van der Waals surface area contributed by atoms with Gasteiger partial charge in [0.2, 0.25) is 0 Å². The molecule has 0 aromatic heterocycles. The van der Waals surface area contributed by atoms with Crippen LogP contribution in [-0.2, 0) is 9.59 Å². The molecule has 0 saturated carbocycles. The number of aliphatic carboxylic acids is 2. The molecule has 0 amide bonds. The summed E-state index contributed by atoms with van der Waals surface area (Å²) in [7, 11) is 0. The topological polar surface area (TPSA) is 106 Å². The zero-order chi connectivity index (χ0) is 12.0. The Morgan fingerprint density at radius 2 is 1.00 bits per heavy atom. The first kappa shape index (κ1) is 24.6. The Labute approximate surface area is 111 Å². The first-order chi connectivity index (χ1) is 6.45. The van der Waals surface area contributed by atoms with Gasteiger partial charge in [-0.05, 0) is 0 Å². The Morgan fingerprint density at radius 1 is 0.867 bits per heavy atom. The second-order valence-corrected chi connectivity index (χ2v) is 8.00. The Kier molecular flexibility index (Phi) is 39.4. The average Bonchev–Trinajstić information content (AvgIpc) is 2.04. The van der Waals surface area contributed by atoms with E-state index in [1.54, 1.807) is 0 Å². The molecule has 0 spiro atoms. The van der Waals surface area contributed by atoms with Crippen LogP contribution in [0.15, 0.2) is 0 Å². The average molecular weight is 434 g/mol. The molecule has 7 heteroatoms. The van der Waals surface area contributed by atoms with Gasteiger partial charge < -0.3 is 15.7 Å². The summed E-state index contributed by atoms with van der Waals surface area (Å²) >= 11 is 0.460. The Morgan fingerprint density at radius 3 is 1.07 bits per heavy atom.